The highest BCUT2D eigenvalue weighted by molar-refractivity contribution is 7.80. The summed E-state index contributed by atoms with van der Waals surface area (Å²) < 4.78 is 10.9. The summed E-state index contributed by atoms with van der Waals surface area (Å²) in [5, 5.41) is 3.15. The second-order valence-corrected chi connectivity index (χ2v) is 7.21. The Balaban J connectivity index is 1.39. The number of benzene rings is 3. The molecule has 160 valence electrons. The molecule has 1 aromatic heterocycles. The van der Waals surface area contributed by atoms with Crippen LogP contribution in [0.1, 0.15) is 10.4 Å². The standard InChI is InChI=1S/C24H20N4O3S/c1-28(18-6-10-19(30-2)11-7-18)24(32)31-20-8-3-16(4-9-20)23(29)27-17-5-12-21-22(15-17)26-14-13-25-21/h3-15H,1-2H3,(H,27,29). The first kappa shape index (κ1) is 21.2. The molecule has 1 amide bonds. The fraction of sp³-hybridized carbons (Fsp3) is 0.0833. The minimum absolute atomic E-state index is 0.238. The monoisotopic (exact) mass is 444 g/mol. The van der Waals surface area contributed by atoms with Crippen LogP contribution in [-0.4, -0.2) is 35.2 Å². The van der Waals surface area contributed by atoms with Crippen molar-refractivity contribution < 1.29 is 14.3 Å². The van der Waals surface area contributed by atoms with Crippen molar-refractivity contribution in [3.8, 4) is 11.5 Å². The van der Waals surface area contributed by atoms with Gasteiger partial charge in [0.25, 0.3) is 11.1 Å². The van der Waals surface area contributed by atoms with Gasteiger partial charge in [0.15, 0.2) is 0 Å². The van der Waals surface area contributed by atoms with Gasteiger partial charge < -0.3 is 19.7 Å². The summed E-state index contributed by atoms with van der Waals surface area (Å²) in [6, 6.07) is 19.6. The molecule has 32 heavy (non-hydrogen) atoms. The van der Waals surface area contributed by atoms with E-state index in [1.165, 1.54) is 0 Å². The second kappa shape index (κ2) is 9.40. The van der Waals surface area contributed by atoms with Gasteiger partial charge in [0.2, 0.25) is 0 Å². The number of carbonyl (C=O) groups is 1. The zero-order valence-electron chi connectivity index (χ0n) is 17.5. The van der Waals surface area contributed by atoms with E-state index in [2.05, 4.69) is 15.3 Å². The van der Waals surface area contributed by atoms with E-state index in [9.17, 15) is 4.79 Å². The zero-order valence-corrected chi connectivity index (χ0v) is 18.3. The van der Waals surface area contributed by atoms with E-state index >= 15 is 0 Å². The van der Waals surface area contributed by atoms with Gasteiger partial charge in [0.1, 0.15) is 11.5 Å². The van der Waals surface area contributed by atoms with E-state index in [4.69, 9.17) is 21.7 Å². The Labute approximate surface area is 190 Å². The summed E-state index contributed by atoms with van der Waals surface area (Å²) in [6.45, 7) is 0. The Morgan fingerprint density at radius 3 is 2.25 bits per heavy atom. The molecule has 0 spiro atoms. The number of amides is 1. The van der Waals surface area contributed by atoms with Gasteiger partial charge in [-0.3, -0.25) is 14.8 Å². The third kappa shape index (κ3) is 4.81. The van der Waals surface area contributed by atoms with Crippen LogP contribution in [0.15, 0.2) is 79.1 Å². The van der Waals surface area contributed by atoms with Crippen LogP contribution < -0.4 is 19.7 Å². The van der Waals surface area contributed by atoms with Crippen LogP contribution in [-0.2, 0) is 0 Å². The van der Waals surface area contributed by atoms with E-state index in [0.29, 0.717) is 22.5 Å². The van der Waals surface area contributed by atoms with Gasteiger partial charge in [-0.25, -0.2) is 0 Å². The number of anilines is 2. The molecule has 0 unspecified atom stereocenters. The molecule has 0 radical (unpaired) electrons. The van der Waals surface area contributed by atoms with Gasteiger partial charge in [-0.1, -0.05) is 0 Å². The molecule has 0 aliphatic rings. The fourth-order valence-corrected chi connectivity index (χ4v) is 3.20. The number of nitrogens with zero attached hydrogens (tertiary/aromatic N) is 3. The lowest BCUT2D eigenvalue weighted by atomic mass is 10.2. The molecule has 0 aliphatic heterocycles. The molecular weight excluding hydrogens is 424 g/mol. The number of thiocarbonyl (C=S) groups is 1. The van der Waals surface area contributed by atoms with Crippen LogP contribution >= 0.6 is 12.2 Å². The minimum atomic E-state index is -0.238. The van der Waals surface area contributed by atoms with Gasteiger partial charge >= 0.3 is 0 Å². The molecule has 7 nitrogen and oxygen atoms in total. The highest BCUT2D eigenvalue weighted by Crippen LogP contribution is 2.21. The van der Waals surface area contributed by atoms with Crippen molar-refractivity contribution in [3.63, 3.8) is 0 Å². The molecule has 0 atom stereocenters. The lowest BCUT2D eigenvalue weighted by molar-refractivity contribution is 0.102. The number of methoxy groups -OCH3 is 1. The fourth-order valence-electron chi connectivity index (χ4n) is 3.00. The number of ether oxygens (including phenoxy) is 2. The van der Waals surface area contributed by atoms with Crippen molar-refractivity contribution >= 4 is 45.7 Å². The normalized spacial score (nSPS) is 10.4. The molecule has 0 aliphatic carbocycles. The Hall–Kier alpha value is -4.04. The van der Waals surface area contributed by atoms with Crippen molar-refractivity contribution in [2.45, 2.75) is 0 Å². The molecule has 1 N–H and O–H groups in total. The number of aromatic nitrogens is 2. The Kier molecular flexibility index (Phi) is 6.23. The molecule has 4 aromatic rings. The van der Waals surface area contributed by atoms with Gasteiger partial charge in [0.05, 0.1) is 18.1 Å². The highest BCUT2D eigenvalue weighted by Gasteiger charge is 2.11. The van der Waals surface area contributed by atoms with Crippen molar-refractivity contribution in [1.29, 1.82) is 0 Å². The molecule has 8 heteroatoms. The third-order valence-corrected chi connectivity index (χ3v) is 5.14. The summed E-state index contributed by atoms with van der Waals surface area (Å²) in [6.07, 6.45) is 3.24. The Morgan fingerprint density at radius 1 is 0.906 bits per heavy atom. The van der Waals surface area contributed by atoms with Crippen LogP contribution in [0, 0.1) is 0 Å². The van der Waals surface area contributed by atoms with E-state index in [-0.39, 0.29) is 11.1 Å². The summed E-state index contributed by atoms with van der Waals surface area (Å²) in [7, 11) is 3.44. The number of hydrogen-bond acceptors (Lipinski definition) is 6. The second-order valence-electron chi connectivity index (χ2n) is 6.86. The molecule has 0 saturated heterocycles. The van der Waals surface area contributed by atoms with Crippen molar-refractivity contribution in [1.82, 2.24) is 9.97 Å². The van der Waals surface area contributed by atoms with Crippen LogP contribution in [0.3, 0.4) is 0 Å². The SMILES string of the molecule is COc1ccc(N(C)C(=S)Oc2ccc(C(=O)Nc3ccc4nccnc4c3)cc2)cc1. The van der Waals surface area contributed by atoms with E-state index < -0.39 is 0 Å². The van der Waals surface area contributed by atoms with Gasteiger partial charge in [-0.05, 0) is 78.9 Å². The number of nitrogens with one attached hydrogen (secondary N) is 1. The summed E-state index contributed by atoms with van der Waals surface area (Å²) in [5.41, 5.74) is 3.48. The first-order valence-electron chi connectivity index (χ1n) is 9.75. The van der Waals surface area contributed by atoms with Gasteiger partial charge in [-0.15, -0.1) is 0 Å². The maximum absolute atomic E-state index is 12.6. The number of rotatable bonds is 5. The van der Waals surface area contributed by atoms with Crippen LogP contribution in [0.25, 0.3) is 11.0 Å². The van der Waals surface area contributed by atoms with E-state index in [1.54, 1.807) is 60.8 Å². The molecule has 3 aromatic carbocycles. The van der Waals surface area contributed by atoms with Gasteiger partial charge in [-0.2, -0.15) is 0 Å². The zero-order chi connectivity index (χ0) is 22.5. The number of fused-ring (bicyclic) bond motifs is 1. The largest absolute Gasteiger partial charge is 0.497 e. The van der Waals surface area contributed by atoms with E-state index in [1.807, 2.05) is 37.4 Å². The maximum atomic E-state index is 12.6. The maximum Gasteiger partial charge on any atom is 0.269 e. The minimum Gasteiger partial charge on any atom is -0.497 e. The van der Waals surface area contributed by atoms with Crippen molar-refractivity contribution in [3.05, 3.63) is 84.7 Å². The van der Waals surface area contributed by atoms with Crippen LogP contribution in [0.2, 0.25) is 0 Å². The summed E-state index contributed by atoms with van der Waals surface area (Å²) in [5.74, 6) is 1.06. The van der Waals surface area contributed by atoms with Crippen molar-refractivity contribution in [2.24, 2.45) is 0 Å². The number of hydrogen-bond donors (Lipinski definition) is 1. The number of carbonyl (C=O) groups excluding carboxylic acids is 1. The third-order valence-electron chi connectivity index (χ3n) is 4.78. The van der Waals surface area contributed by atoms with Crippen molar-refractivity contribution in [2.75, 3.05) is 24.4 Å². The topological polar surface area (TPSA) is 76.6 Å². The summed E-state index contributed by atoms with van der Waals surface area (Å²) >= 11 is 5.39. The predicted molar refractivity (Wildman–Crippen MR) is 129 cm³/mol. The van der Waals surface area contributed by atoms with Crippen LogP contribution in [0.5, 0.6) is 11.5 Å². The molecule has 0 saturated carbocycles. The Morgan fingerprint density at radius 2 is 1.56 bits per heavy atom. The smallest absolute Gasteiger partial charge is 0.269 e. The van der Waals surface area contributed by atoms with Gasteiger partial charge in [0, 0.05) is 36.4 Å². The highest BCUT2D eigenvalue weighted by atomic mass is 32.1. The predicted octanol–water partition coefficient (Wildman–Crippen LogP) is 4.69. The molecular formula is C24H20N4O3S. The first-order valence-corrected chi connectivity index (χ1v) is 10.2. The van der Waals surface area contributed by atoms with Crippen LogP contribution in [0.4, 0.5) is 11.4 Å². The molecule has 0 bridgehead atoms. The average molecular weight is 445 g/mol. The first-order chi connectivity index (χ1) is 15.5. The van der Waals surface area contributed by atoms with E-state index in [0.717, 1.165) is 17.0 Å². The molecule has 1 heterocycles. The Bertz CT molecular complexity index is 1260. The molecule has 0 fully saturated rings. The summed E-state index contributed by atoms with van der Waals surface area (Å²) in [4.78, 5) is 22.8. The lowest BCUT2D eigenvalue weighted by Gasteiger charge is -2.20. The molecule has 4 rings (SSSR count). The quantitative estimate of drug-likeness (QED) is 0.448. The lowest BCUT2D eigenvalue weighted by Crippen LogP contribution is -2.29. The average Bonchev–Trinajstić information content (AvgIpc) is 2.84.